The molecule has 0 radical (unpaired) electrons. The molecule has 15 heavy (non-hydrogen) atoms. The molecule has 1 aromatic carbocycles. The van der Waals surface area contributed by atoms with Crippen LogP contribution in [0.3, 0.4) is 0 Å². The molecule has 0 aliphatic heterocycles. The van der Waals surface area contributed by atoms with Gasteiger partial charge < -0.3 is 15.8 Å². The first-order chi connectivity index (χ1) is 7.26. The van der Waals surface area contributed by atoms with Crippen LogP contribution >= 0.6 is 0 Å². The van der Waals surface area contributed by atoms with E-state index in [1.807, 2.05) is 24.3 Å². The highest BCUT2D eigenvalue weighted by Gasteiger charge is 1.99. The number of hydrogen-bond donors (Lipinski definition) is 2. The largest absolute Gasteiger partial charge is 0.484 e. The van der Waals surface area contributed by atoms with Crippen LogP contribution in [0.1, 0.15) is 5.56 Å². The number of rotatable bonds is 5. The van der Waals surface area contributed by atoms with Crippen LogP contribution in [0.4, 0.5) is 0 Å². The van der Waals surface area contributed by atoms with Gasteiger partial charge in [-0.3, -0.25) is 4.79 Å². The fourth-order valence-electron chi connectivity index (χ4n) is 1.14. The second-order valence-electron chi connectivity index (χ2n) is 3.14. The molecular weight excluding hydrogens is 192 g/mol. The van der Waals surface area contributed by atoms with Gasteiger partial charge in [-0.25, -0.2) is 0 Å². The first-order valence-electron chi connectivity index (χ1n) is 4.88. The highest BCUT2D eigenvalue weighted by atomic mass is 16.5. The minimum atomic E-state index is -0.138. The normalized spacial score (nSPS) is 9.73. The number of carbonyl (C=O) groups is 1. The molecule has 0 aliphatic carbocycles. The van der Waals surface area contributed by atoms with Crippen molar-refractivity contribution in [1.29, 1.82) is 0 Å². The number of ether oxygens (including phenoxy) is 1. The average molecular weight is 208 g/mol. The summed E-state index contributed by atoms with van der Waals surface area (Å²) in [5.41, 5.74) is 6.60. The van der Waals surface area contributed by atoms with Crippen molar-refractivity contribution in [2.24, 2.45) is 5.73 Å². The summed E-state index contributed by atoms with van der Waals surface area (Å²) in [6.07, 6.45) is 0.857. The number of benzene rings is 1. The van der Waals surface area contributed by atoms with Gasteiger partial charge in [0.25, 0.3) is 5.91 Å². The van der Waals surface area contributed by atoms with E-state index in [1.165, 1.54) is 5.56 Å². The predicted octanol–water partition coefficient (Wildman–Crippen LogP) is 0.313. The first kappa shape index (κ1) is 11.5. The van der Waals surface area contributed by atoms with Crippen LogP contribution in [-0.4, -0.2) is 26.1 Å². The van der Waals surface area contributed by atoms with Crippen molar-refractivity contribution in [1.82, 2.24) is 5.32 Å². The molecule has 0 saturated carbocycles. The van der Waals surface area contributed by atoms with Crippen molar-refractivity contribution in [3.05, 3.63) is 29.8 Å². The Hall–Kier alpha value is -1.55. The van der Waals surface area contributed by atoms with E-state index in [2.05, 4.69) is 5.32 Å². The van der Waals surface area contributed by atoms with E-state index in [4.69, 9.17) is 10.5 Å². The summed E-state index contributed by atoms with van der Waals surface area (Å²) in [6.45, 7) is 0.686. The van der Waals surface area contributed by atoms with Gasteiger partial charge in [-0.05, 0) is 30.7 Å². The Morgan fingerprint density at radius 3 is 2.60 bits per heavy atom. The van der Waals surface area contributed by atoms with Gasteiger partial charge in [-0.1, -0.05) is 12.1 Å². The van der Waals surface area contributed by atoms with E-state index in [-0.39, 0.29) is 12.5 Å². The molecule has 0 aromatic heterocycles. The maximum Gasteiger partial charge on any atom is 0.257 e. The maximum atomic E-state index is 10.9. The Morgan fingerprint density at radius 2 is 2.07 bits per heavy atom. The van der Waals surface area contributed by atoms with E-state index in [1.54, 1.807) is 7.05 Å². The van der Waals surface area contributed by atoms with Gasteiger partial charge >= 0.3 is 0 Å². The van der Waals surface area contributed by atoms with Gasteiger partial charge in [0.05, 0.1) is 0 Å². The quantitative estimate of drug-likeness (QED) is 0.732. The highest BCUT2D eigenvalue weighted by Crippen LogP contribution is 2.11. The molecule has 4 heteroatoms. The summed E-state index contributed by atoms with van der Waals surface area (Å²) in [6, 6.07) is 7.58. The fourth-order valence-corrected chi connectivity index (χ4v) is 1.14. The lowest BCUT2D eigenvalue weighted by molar-refractivity contribution is -0.122. The lowest BCUT2D eigenvalue weighted by Crippen LogP contribution is -2.24. The van der Waals surface area contributed by atoms with E-state index in [0.29, 0.717) is 12.3 Å². The van der Waals surface area contributed by atoms with Crippen molar-refractivity contribution < 1.29 is 9.53 Å². The van der Waals surface area contributed by atoms with E-state index in [0.717, 1.165) is 6.42 Å². The second-order valence-corrected chi connectivity index (χ2v) is 3.14. The number of hydrogen-bond acceptors (Lipinski definition) is 3. The number of amides is 1. The molecule has 3 N–H and O–H groups in total. The molecule has 0 bridgehead atoms. The first-order valence-corrected chi connectivity index (χ1v) is 4.88. The topological polar surface area (TPSA) is 64.3 Å². The Kier molecular flexibility index (Phi) is 4.63. The molecule has 0 saturated heterocycles. The standard InChI is InChI=1S/C11H16N2O2/c1-13-11(14)8-15-10-4-2-9(3-5-10)6-7-12/h2-5H,6-8,12H2,1H3,(H,13,14). The third kappa shape index (κ3) is 3.99. The SMILES string of the molecule is CNC(=O)COc1ccc(CCN)cc1. The van der Waals surface area contributed by atoms with Gasteiger partial charge in [0.2, 0.25) is 0 Å². The minimum absolute atomic E-state index is 0.0483. The van der Waals surface area contributed by atoms with E-state index in [9.17, 15) is 4.79 Å². The summed E-state index contributed by atoms with van der Waals surface area (Å²) in [5, 5.41) is 2.49. The zero-order valence-electron chi connectivity index (χ0n) is 8.82. The zero-order valence-corrected chi connectivity index (χ0v) is 8.82. The summed E-state index contributed by atoms with van der Waals surface area (Å²) in [7, 11) is 1.58. The van der Waals surface area contributed by atoms with Crippen molar-refractivity contribution in [3.8, 4) is 5.75 Å². The summed E-state index contributed by atoms with van der Waals surface area (Å²) in [5.74, 6) is 0.556. The molecule has 1 aromatic rings. The molecule has 4 nitrogen and oxygen atoms in total. The van der Waals surface area contributed by atoms with E-state index >= 15 is 0 Å². The van der Waals surface area contributed by atoms with E-state index < -0.39 is 0 Å². The minimum Gasteiger partial charge on any atom is -0.484 e. The third-order valence-electron chi connectivity index (χ3n) is 2.01. The Balaban J connectivity index is 2.45. The third-order valence-corrected chi connectivity index (χ3v) is 2.01. The summed E-state index contributed by atoms with van der Waals surface area (Å²) in [4.78, 5) is 10.9. The fraction of sp³-hybridized carbons (Fsp3) is 0.364. The monoisotopic (exact) mass is 208 g/mol. The molecule has 0 fully saturated rings. The molecule has 0 atom stereocenters. The number of nitrogens with two attached hydrogens (primary N) is 1. The summed E-state index contributed by atoms with van der Waals surface area (Å²) < 4.78 is 5.25. The van der Waals surface area contributed by atoms with Crippen LogP contribution < -0.4 is 15.8 Å². The molecule has 0 spiro atoms. The maximum absolute atomic E-state index is 10.9. The van der Waals surface area contributed by atoms with Crippen LogP contribution in [0, 0.1) is 0 Å². The summed E-state index contributed by atoms with van der Waals surface area (Å²) >= 11 is 0. The molecule has 0 heterocycles. The Morgan fingerprint density at radius 1 is 1.40 bits per heavy atom. The smallest absolute Gasteiger partial charge is 0.257 e. The lowest BCUT2D eigenvalue weighted by Gasteiger charge is -2.05. The van der Waals surface area contributed by atoms with Gasteiger partial charge in [0, 0.05) is 7.05 Å². The van der Waals surface area contributed by atoms with Gasteiger partial charge in [0.1, 0.15) is 5.75 Å². The average Bonchev–Trinajstić information content (AvgIpc) is 2.28. The lowest BCUT2D eigenvalue weighted by atomic mass is 10.1. The molecule has 0 unspecified atom stereocenters. The van der Waals surface area contributed by atoms with Crippen LogP contribution in [0.25, 0.3) is 0 Å². The second kappa shape index (κ2) is 6.03. The van der Waals surface area contributed by atoms with Crippen LogP contribution in [-0.2, 0) is 11.2 Å². The predicted molar refractivity (Wildman–Crippen MR) is 58.8 cm³/mol. The van der Waals surface area contributed by atoms with Crippen LogP contribution in [0.15, 0.2) is 24.3 Å². The molecular formula is C11H16N2O2. The Bertz CT molecular complexity index is 309. The number of carbonyl (C=O) groups excluding carboxylic acids is 1. The van der Waals surface area contributed by atoms with Crippen molar-refractivity contribution in [3.63, 3.8) is 0 Å². The number of nitrogens with one attached hydrogen (secondary N) is 1. The van der Waals surface area contributed by atoms with Crippen LogP contribution in [0.5, 0.6) is 5.75 Å². The van der Waals surface area contributed by atoms with Crippen LogP contribution in [0.2, 0.25) is 0 Å². The van der Waals surface area contributed by atoms with Crippen molar-refractivity contribution >= 4 is 5.91 Å². The molecule has 1 amide bonds. The molecule has 82 valence electrons. The van der Waals surface area contributed by atoms with Gasteiger partial charge in [0.15, 0.2) is 6.61 Å². The van der Waals surface area contributed by atoms with Crippen molar-refractivity contribution in [2.75, 3.05) is 20.2 Å². The zero-order chi connectivity index (χ0) is 11.1. The number of likely N-dealkylation sites (N-methyl/N-ethyl adjacent to an activating group) is 1. The Labute approximate surface area is 89.4 Å². The van der Waals surface area contributed by atoms with Crippen molar-refractivity contribution in [2.45, 2.75) is 6.42 Å². The van der Waals surface area contributed by atoms with Gasteiger partial charge in [-0.15, -0.1) is 0 Å². The highest BCUT2D eigenvalue weighted by molar-refractivity contribution is 5.77. The molecule has 0 aliphatic rings. The molecule has 1 rings (SSSR count). The van der Waals surface area contributed by atoms with Gasteiger partial charge in [-0.2, -0.15) is 0 Å².